The lowest BCUT2D eigenvalue weighted by Crippen LogP contribution is -2.63. The van der Waals surface area contributed by atoms with Gasteiger partial charge in [0.15, 0.2) is 11.6 Å². The number of amides is 1. The van der Waals surface area contributed by atoms with Crippen LogP contribution in [0, 0.1) is 62.1 Å². The molecule has 0 spiro atoms. The molecule has 0 bridgehead atoms. The number of nitriles is 1. The van der Waals surface area contributed by atoms with E-state index in [4.69, 9.17) is 0 Å². The highest BCUT2D eigenvalue weighted by Gasteiger charge is 2.67. The van der Waals surface area contributed by atoms with Gasteiger partial charge in [0, 0.05) is 11.3 Å². The molecule has 0 saturated heterocycles. The fourth-order valence-corrected chi connectivity index (χ4v) is 10.0. The highest BCUT2D eigenvalue weighted by atomic mass is 19.4. The maximum atomic E-state index is 14.2. The van der Waals surface area contributed by atoms with Crippen molar-refractivity contribution in [3.63, 3.8) is 0 Å². The summed E-state index contributed by atoms with van der Waals surface area (Å²) in [5, 5.41) is 22.4. The zero-order valence-corrected chi connectivity index (χ0v) is 24.6. The van der Waals surface area contributed by atoms with Gasteiger partial charge in [-0.3, -0.25) is 14.4 Å². The number of Topliss-reactive ketones (excluding diaryl/α,β-unsaturated/α-hetero) is 1. The van der Waals surface area contributed by atoms with E-state index in [1.165, 1.54) is 0 Å². The molecule has 0 aromatic carbocycles. The van der Waals surface area contributed by atoms with Crippen LogP contribution in [0.3, 0.4) is 0 Å². The number of hydrogen-bond donors (Lipinski definition) is 2. The van der Waals surface area contributed by atoms with Gasteiger partial charge in [-0.1, -0.05) is 39.3 Å². The minimum Gasteiger partial charge on any atom is -0.395 e. The highest BCUT2D eigenvalue weighted by Crippen LogP contribution is 2.70. The van der Waals surface area contributed by atoms with Gasteiger partial charge in [0.2, 0.25) is 5.91 Å². The number of fused-ring (bicyclic) bond motifs is 7. The second-order valence-electron chi connectivity index (χ2n) is 14.9. The third kappa shape index (κ3) is 4.25. The number of ketones is 2. The molecule has 4 unspecified atom stereocenters. The quantitative estimate of drug-likeness (QED) is 0.465. The fraction of sp³-hybridized carbons (Fsp3) is 0.750. The Kier molecular flexibility index (Phi) is 6.78. The smallest absolute Gasteiger partial charge is 0.395 e. The van der Waals surface area contributed by atoms with E-state index < -0.39 is 52.8 Å². The minimum atomic E-state index is -4.52. The Morgan fingerprint density at radius 3 is 2.37 bits per heavy atom. The molecule has 0 aliphatic heterocycles. The SMILES string of the molecule is CC1(C)CC[C@]2(C(=O)NCC(F)(F)F)CCC3C(C(=O)C=C4[C@@]5(C)C=C(C#N)C(=O)[C@@](C)(CO)C5CC[C@]43C)C2C1. The molecule has 3 saturated carbocycles. The summed E-state index contributed by atoms with van der Waals surface area (Å²) in [7, 11) is 0. The van der Waals surface area contributed by atoms with Crippen LogP contribution in [0.15, 0.2) is 23.3 Å². The zero-order valence-electron chi connectivity index (χ0n) is 24.6. The molecule has 6 nitrogen and oxygen atoms in total. The van der Waals surface area contributed by atoms with Crippen molar-refractivity contribution >= 4 is 17.5 Å². The minimum absolute atomic E-state index is 0.00181. The molecule has 0 aromatic heterocycles. The van der Waals surface area contributed by atoms with Crippen LogP contribution in [-0.4, -0.2) is 41.9 Å². The van der Waals surface area contributed by atoms with E-state index in [9.17, 15) is 37.9 Å². The molecule has 9 heteroatoms. The number of allylic oxidation sites excluding steroid dienone is 4. The Bertz CT molecular complexity index is 1290. The average Bonchev–Trinajstić information content (AvgIpc) is 2.89. The summed E-state index contributed by atoms with van der Waals surface area (Å²) in [6.45, 7) is 8.22. The first-order chi connectivity index (χ1) is 18.9. The van der Waals surface area contributed by atoms with E-state index >= 15 is 0 Å². The van der Waals surface area contributed by atoms with Gasteiger partial charge in [0.25, 0.3) is 0 Å². The Labute approximate surface area is 239 Å². The van der Waals surface area contributed by atoms with Crippen molar-refractivity contribution in [3.05, 3.63) is 23.3 Å². The summed E-state index contributed by atoms with van der Waals surface area (Å²) in [5.41, 5.74) is -2.73. The van der Waals surface area contributed by atoms with Crippen LogP contribution < -0.4 is 5.32 Å². The van der Waals surface area contributed by atoms with Gasteiger partial charge >= 0.3 is 6.18 Å². The number of nitrogens with zero attached hydrogens (tertiary/aromatic N) is 1. The van der Waals surface area contributed by atoms with E-state index in [0.29, 0.717) is 44.9 Å². The number of aliphatic hydroxyl groups is 1. The number of hydrogen-bond acceptors (Lipinski definition) is 5. The zero-order chi connectivity index (χ0) is 30.4. The Hall–Kier alpha value is -2.47. The van der Waals surface area contributed by atoms with E-state index in [1.807, 2.05) is 13.0 Å². The Morgan fingerprint density at radius 2 is 1.76 bits per heavy atom. The molecule has 5 aliphatic rings. The summed E-state index contributed by atoms with van der Waals surface area (Å²) in [6, 6.07) is 2.03. The number of nitrogens with one attached hydrogen (secondary N) is 1. The number of aliphatic hydroxyl groups excluding tert-OH is 1. The van der Waals surface area contributed by atoms with Gasteiger partial charge in [0.05, 0.1) is 23.0 Å². The van der Waals surface area contributed by atoms with Crippen molar-refractivity contribution in [1.82, 2.24) is 5.32 Å². The molecule has 5 rings (SSSR count). The molecular formula is C32H41F3N2O4. The average molecular weight is 575 g/mol. The van der Waals surface area contributed by atoms with Crippen LogP contribution in [0.2, 0.25) is 0 Å². The lowest BCUT2D eigenvalue weighted by atomic mass is 9.38. The van der Waals surface area contributed by atoms with E-state index in [2.05, 4.69) is 26.1 Å². The maximum Gasteiger partial charge on any atom is 0.405 e. The molecule has 0 aromatic rings. The van der Waals surface area contributed by atoms with E-state index in [1.54, 1.807) is 19.1 Å². The molecule has 0 radical (unpaired) electrons. The van der Waals surface area contributed by atoms with Crippen LogP contribution in [0.1, 0.15) is 79.6 Å². The number of alkyl halides is 3. The summed E-state index contributed by atoms with van der Waals surface area (Å²) >= 11 is 0. The van der Waals surface area contributed by atoms with Crippen LogP contribution in [0.25, 0.3) is 0 Å². The van der Waals surface area contributed by atoms with Crippen molar-refractivity contribution in [1.29, 1.82) is 5.26 Å². The van der Waals surface area contributed by atoms with Crippen molar-refractivity contribution in [2.45, 2.75) is 85.7 Å². The largest absolute Gasteiger partial charge is 0.405 e. The first kappa shape index (κ1) is 30.0. The lowest BCUT2D eigenvalue weighted by molar-refractivity contribution is -0.167. The summed E-state index contributed by atoms with van der Waals surface area (Å²) in [4.78, 5) is 41.0. The van der Waals surface area contributed by atoms with Crippen LogP contribution >= 0.6 is 0 Å². The standard InChI is InChI=1S/C32H41F3N2O4/c1-27(2)10-11-31(26(41)37-16-32(33,34)35)9-6-19-24(20(31)14-27)21(39)12-23-28(19,3)8-7-22-29(23,4)13-18(15-36)25(40)30(22,5)17-38/h12-13,19-20,22,24,38H,6-11,14,16-17H2,1-5H3,(H,37,41)/t19?,20?,22?,24?,28-,29-,30-,31+/m0/s1. The van der Waals surface area contributed by atoms with Crippen LogP contribution in [0.4, 0.5) is 13.2 Å². The summed E-state index contributed by atoms with van der Waals surface area (Å²) in [5.74, 6) is -2.37. The topological polar surface area (TPSA) is 107 Å². The van der Waals surface area contributed by atoms with Crippen LogP contribution in [-0.2, 0) is 14.4 Å². The van der Waals surface area contributed by atoms with Gasteiger partial charge < -0.3 is 10.4 Å². The molecule has 41 heavy (non-hydrogen) atoms. The third-order valence-electron chi connectivity index (χ3n) is 12.1. The van der Waals surface area contributed by atoms with Crippen molar-refractivity contribution in [2.75, 3.05) is 13.2 Å². The van der Waals surface area contributed by atoms with Gasteiger partial charge in [-0.05, 0) is 86.5 Å². The van der Waals surface area contributed by atoms with Gasteiger partial charge in [-0.15, -0.1) is 0 Å². The lowest BCUT2D eigenvalue weighted by Gasteiger charge is -2.65. The fourth-order valence-electron chi connectivity index (χ4n) is 10.0. The van der Waals surface area contributed by atoms with Gasteiger partial charge in [0.1, 0.15) is 12.6 Å². The molecule has 3 fully saturated rings. The molecular weight excluding hydrogens is 533 g/mol. The molecule has 1 amide bonds. The van der Waals surface area contributed by atoms with Gasteiger partial charge in [-0.2, -0.15) is 18.4 Å². The molecule has 2 N–H and O–H groups in total. The van der Waals surface area contributed by atoms with Crippen molar-refractivity contribution in [3.8, 4) is 6.07 Å². The predicted octanol–water partition coefficient (Wildman–Crippen LogP) is 5.47. The predicted molar refractivity (Wildman–Crippen MR) is 145 cm³/mol. The Morgan fingerprint density at radius 1 is 1.07 bits per heavy atom. The molecule has 8 atom stereocenters. The second-order valence-corrected chi connectivity index (χ2v) is 14.9. The first-order valence-corrected chi connectivity index (χ1v) is 14.8. The van der Waals surface area contributed by atoms with E-state index in [-0.39, 0.29) is 40.3 Å². The number of carbonyl (C=O) groups excluding carboxylic acids is 3. The van der Waals surface area contributed by atoms with Crippen molar-refractivity contribution < 1.29 is 32.7 Å². The number of rotatable bonds is 3. The van der Waals surface area contributed by atoms with E-state index in [0.717, 1.165) is 5.57 Å². The second kappa shape index (κ2) is 9.26. The maximum absolute atomic E-state index is 14.2. The Balaban J connectivity index is 1.61. The third-order valence-corrected chi connectivity index (χ3v) is 12.1. The molecule has 224 valence electrons. The molecule has 0 heterocycles. The molecule has 5 aliphatic carbocycles. The number of halogens is 3. The number of carbonyl (C=O) groups is 3. The summed E-state index contributed by atoms with van der Waals surface area (Å²) in [6.07, 6.45) is 2.83. The summed E-state index contributed by atoms with van der Waals surface area (Å²) < 4.78 is 39.3. The first-order valence-electron chi connectivity index (χ1n) is 14.8. The normalized spacial score (nSPS) is 43.3. The highest BCUT2D eigenvalue weighted by molar-refractivity contribution is 6.05. The monoisotopic (exact) mass is 574 g/mol. The van der Waals surface area contributed by atoms with Gasteiger partial charge in [-0.25, -0.2) is 0 Å². The van der Waals surface area contributed by atoms with Crippen LogP contribution in [0.5, 0.6) is 0 Å². The van der Waals surface area contributed by atoms with Crippen molar-refractivity contribution in [2.24, 2.45) is 50.7 Å².